The first-order chi connectivity index (χ1) is 16.0. The number of rotatable bonds is 5. The van der Waals surface area contributed by atoms with Gasteiger partial charge in [-0.25, -0.2) is 0 Å². The van der Waals surface area contributed by atoms with E-state index >= 15 is 0 Å². The van der Waals surface area contributed by atoms with Gasteiger partial charge < -0.3 is 14.1 Å². The Morgan fingerprint density at radius 1 is 1.12 bits per heavy atom. The zero-order valence-corrected chi connectivity index (χ0v) is 18.8. The number of Topliss-reactive ketones (excluding diaryl/α,β-unsaturated/α-hetero) is 2. The average molecular weight is 449 g/mol. The van der Waals surface area contributed by atoms with Gasteiger partial charge in [-0.2, -0.15) is 0 Å². The molecule has 2 aromatic carbocycles. The van der Waals surface area contributed by atoms with Crippen LogP contribution in [-0.4, -0.2) is 66.6 Å². The van der Waals surface area contributed by atoms with Gasteiger partial charge >= 0.3 is 0 Å². The highest BCUT2D eigenvalue weighted by atomic mass is 16.5. The van der Waals surface area contributed by atoms with E-state index in [9.17, 15) is 14.4 Å². The number of hydrogen-bond donors (Lipinski definition) is 0. The standard InChI is InChI=1S/C26H28N2O5/c1-17(29)28-10-8-27(9-11-28)12-13-32-20-4-6-21-18(14-20)2-7-25-26(21)23(16-33-25)22-5-3-19(30)15-24(22)31/h2,4,6-7,14,16,22H,3,5,8-13,15H2,1H3. The van der Waals surface area contributed by atoms with E-state index in [2.05, 4.69) is 4.90 Å². The van der Waals surface area contributed by atoms with Crippen molar-refractivity contribution in [3.05, 3.63) is 42.2 Å². The van der Waals surface area contributed by atoms with Gasteiger partial charge in [0.25, 0.3) is 0 Å². The normalized spacial score (nSPS) is 20.0. The van der Waals surface area contributed by atoms with E-state index in [4.69, 9.17) is 9.15 Å². The van der Waals surface area contributed by atoms with Crippen molar-refractivity contribution >= 4 is 39.2 Å². The molecule has 2 heterocycles. The summed E-state index contributed by atoms with van der Waals surface area (Å²) >= 11 is 0. The fourth-order valence-electron chi connectivity index (χ4n) is 5.00. The molecule has 7 heteroatoms. The summed E-state index contributed by atoms with van der Waals surface area (Å²) < 4.78 is 11.8. The Morgan fingerprint density at radius 3 is 2.70 bits per heavy atom. The number of piperazine rings is 1. The maximum atomic E-state index is 12.5. The number of ether oxygens (including phenoxy) is 1. The number of furan rings is 1. The van der Waals surface area contributed by atoms with E-state index in [-0.39, 0.29) is 29.8 Å². The highest BCUT2D eigenvalue weighted by molar-refractivity contribution is 6.11. The Morgan fingerprint density at radius 2 is 1.94 bits per heavy atom. The second kappa shape index (κ2) is 8.98. The summed E-state index contributed by atoms with van der Waals surface area (Å²) in [6.07, 6.45) is 2.68. The molecule has 0 N–H and O–H groups in total. The zero-order valence-electron chi connectivity index (χ0n) is 18.8. The van der Waals surface area contributed by atoms with Gasteiger partial charge in [0.15, 0.2) is 0 Å². The van der Waals surface area contributed by atoms with Gasteiger partial charge in [-0.1, -0.05) is 6.07 Å². The zero-order chi connectivity index (χ0) is 22.9. The summed E-state index contributed by atoms with van der Waals surface area (Å²) in [6, 6.07) is 9.93. The van der Waals surface area contributed by atoms with Crippen molar-refractivity contribution in [3.8, 4) is 5.75 Å². The molecule has 172 valence electrons. The number of carbonyl (C=O) groups excluding carboxylic acids is 3. The molecular weight excluding hydrogens is 420 g/mol. The molecule has 1 aliphatic carbocycles. The lowest BCUT2D eigenvalue weighted by molar-refractivity contribution is -0.131. The van der Waals surface area contributed by atoms with Crippen LogP contribution in [0.25, 0.3) is 21.7 Å². The number of ketones is 2. The molecule has 2 aliphatic rings. The first-order valence-electron chi connectivity index (χ1n) is 11.6. The van der Waals surface area contributed by atoms with Crippen LogP contribution in [-0.2, 0) is 14.4 Å². The van der Waals surface area contributed by atoms with Crippen LogP contribution in [0.2, 0.25) is 0 Å². The van der Waals surface area contributed by atoms with Gasteiger partial charge in [0.05, 0.1) is 12.7 Å². The first kappa shape index (κ1) is 21.6. The van der Waals surface area contributed by atoms with Gasteiger partial charge in [-0.15, -0.1) is 0 Å². The smallest absolute Gasteiger partial charge is 0.219 e. The fourth-order valence-corrected chi connectivity index (χ4v) is 5.00. The molecule has 1 aromatic heterocycles. The van der Waals surface area contributed by atoms with Gasteiger partial charge in [0.2, 0.25) is 5.91 Å². The minimum absolute atomic E-state index is 0.0178. The highest BCUT2D eigenvalue weighted by Crippen LogP contribution is 2.38. The topological polar surface area (TPSA) is 80.1 Å². The molecule has 1 atom stereocenters. The van der Waals surface area contributed by atoms with E-state index in [1.165, 1.54) is 0 Å². The molecule has 1 amide bonds. The van der Waals surface area contributed by atoms with Gasteiger partial charge in [0.1, 0.15) is 29.5 Å². The number of nitrogens with zero attached hydrogens (tertiary/aromatic N) is 2. The van der Waals surface area contributed by atoms with Gasteiger partial charge in [-0.05, 0) is 41.5 Å². The third-order valence-electron chi connectivity index (χ3n) is 6.90. The number of amides is 1. The SMILES string of the molecule is CC(=O)N1CCN(CCOc2ccc3c(ccc4occ(C5CCC(=O)CC5=O)c43)c2)CC1. The Hall–Kier alpha value is -3.19. The van der Waals surface area contributed by atoms with Crippen LogP contribution in [0, 0.1) is 0 Å². The highest BCUT2D eigenvalue weighted by Gasteiger charge is 2.31. The van der Waals surface area contributed by atoms with E-state index in [0.29, 0.717) is 19.4 Å². The Labute approximate surface area is 192 Å². The van der Waals surface area contributed by atoms with Crippen LogP contribution < -0.4 is 4.74 Å². The molecule has 1 unspecified atom stereocenters. The molecule has 2 fully saturated rings. The van der Waals surface area contributed by atoms with E-state index in [1.54, 1.807) is 13.2 Å². The predicted molar refractivity (Wildman–Crippen MR) is 125 cm³/mol. The third-order valence-corrected chi connectivity index (χ3v) is 6.90. The van der Waals surface area contributed by atoms with Crippen molar-refractivity contribution in [2.24, 2.45) is 0 Å². The van der Waals surface area contributed by atoms with Gasteiger partial charge in [-0.3, -0.25) is 19.3 Å². The van der Waals surface area contributed by atoms with Crippen molar-refractivity contribution in [2.45, 2.75) is 32.1 Å². The number of hydrogen-bond acceptors (Lipinski definition) is 6. The summed E-state index contributed by atoms with van der Waals surface area (Å²) in [5.41, 5.74) is 1.63. The molecule has 7 nitrogen and oxygen atoms in total. The molecular formula is C26H28N2O5. The van der Waals surface area contributed by atoms with Crippen LogP contribution in [0.15, 0.2) is 41.0 Å². The molecule has 1 aliphatic heterocycles. The molecule has 1 saturated carbocycles. The summed E-state index contributed by atoms with van der Waals surface area (Å²) in [5.74, 6) is 0.660. The van der Waals surface area contributed by atoms with Crippen LogP contribution in [0.3, 0.4) is 0 Å². The monoisotopic (exact) mass is 448 g/mol. The lowest BCUT2D eigenvalue weighted by atomic mass is 9.81. The van der Waals surface area contributed by atoms with Crippen LogP contribution in [0.4, 0.5) is 0 Å². The Kier molecular flexibility index (Phi) is 5.89. The molecule has 3 aromatic rings. The molecule has 33 heavy (non-hydrogen) atoms. The summed E-state index contributed by atoms with van der Waals surface area (Å²) in [6.45, 7) is 6.29. The maximum Gasteiger partial charge on any atom is 0.219 e. The molecule has 5 rings (SSSR count). The molecule has 1 saturated heterocycles. The molecule has 0 spiro atoms. The predicted octanol–water partition coefficient (Wildman–Crippen LogP) is 3.53. The number of benzene rings is 2. The largest absolute Gasteiger partial charge is 0.492 e. The van der Waals surface area contributed by atoms with Crippen molar-refractivity contribution < 1.29 is 23.5 Å². The van der Waals surface area contributed by atoms with E-state index < -0.39 is 0 Å². The average Bonchev–Trinajstić information content (AvgIpc) is 3.23. The van der Waals surface area contributed by atoms with Crippen LogP contribution in [0.1, 0.15) is 37.7 Å². The first-order valence-corrected chi connectivity index (χ1v) is 11.6. The van der Waals surface area contributed by atoms with Crippen molar-refractivity contribution in [2.75, 3.05) is 39.3 Å². The Balaban J connectivity index is 1.30. The minimum Gasteiger partial charge on any atom is -0.492 e. The molecule has 0 bridgehead atoms. The second-order valence-electron chi connectivity index (χ2n) is 8.98. The quantitative estimate of drug-likeness (QED) is 0.556. The van der Waals surface area contributed by atoms with Gasteiger partial charge in [0, 0.05) is 62.9 Å². The van der Waals surface area contributed by atoms with E-state index in [0.717, 1.165) is 65.8 Å². The van der Waals surface area contributed by atoms with Crippen LogP contribution in [0.5, 0.6) is 5.75 Å². The number of fused-ring (bicyclic) bond motifs is 3. The fraction of sp³-hybridized carbons (Fsp3) is 0.423. The Bertz CT molecular complexity index is 1220. The summed E-state index contributed by atoms with van der Waals surface area (Å²) in [5, 5.41) is 3.00. The maximum absolute atomic E-state index is 12.5. The number of carbonyl (C=O) groups is 3. The van der Waals surface area contributed by atoms with Crippen molar-refractivity contribution in [3.63, 3.8) is 0 Å². The second-order valence-corrected chi connectivity index (χ2v) is 8.98. The lowest BCUT2D eigenvalue weighted by Gasteiger charge is -2.34. The minimum atomic E-state index is -0.283. The van der Waals surface area contributed by atoms with Crippen LogP contribution >= 0.6 is 0 Å². The van der Waals surface area contributed by atoms with Crippen molar-refractivity contribution in [1.82, 2.24) is 9.80 Å². The summed E-state index contributed by atoms with van der Waals surface area (Å²) in [4.78, 5) is 39.8. The molecule has 0 radical (unpaired) electrons. The van der Waals surface area contributed by atoms with Crippen molar-refractivity contribution in [1.29, 1.82) is 0 Å². The lowest BCUT2D eigenvalue weighted by Crippen LogP contribution is -2.48. The third kappa shape index (κ3) is 4.37. The summed E-state index contributed by atoms with van der Waals surface area (Å²) in [7, 11) is 0. The van der Waals surface area contributed by atoms with E-state index in [1.807, 2.05) is 35.2 Å².